The lowest BCUT2D eigenvalue weighted by atomic mass is 9.83. The summed E-state index contributed by atoms with van der Waals surface area (Å²) in [6.45, 7) is 2.29. The van der Waals surface area contributed by atoms with E-state index >= 15 is 0 Å². The number of piperidine rings is 1. The van der Waals surface area contributed by atoms with Crippen molar-refractivity contribution < 1.29 is 23.8 Å². The molecule has 11 heteroatoms. The van der Waals surface area contributed by atoms with Gasteiger partial charge in [-0.25, -0.2) is 0 Å². The number of fused-ring (bicyclic) bond motifs is 5. The second kappa shape index (κ2) is 11.2. The van der Waals surface area contributed by atoms with E-state index in [0.717, 1.165) is 12.1 Å². The van der Waals surface area contributed by atoms with Crippen molar-refractivity contribution in [1.29, 1.82) is 0 Å². The van der Waals surface area contributed by atoms with E-state index in [1.54, 1.807) is 43.4 Å². The van der Waals surface area contributed by atoms with Crippen molar-refractivity contribution in [3.8, 4) is 11.5 Å². The molecule has 1 saturated heterocycles. The van der Waals surface area contributed by atoms with Crippen molar-refractivity contribution in [3.05, 3.63) is 102 Å². The lowest BCUT2D eigenvalue weighted by Gasteiger charge is -2.42. The van der Waals surface area contributed by atoms with Crippen LogP contribution in [0, 0.1) is 5.92 Å². The Kier molecular flexibility index (Phi) is 7.43. The maximum absolute atomic E-state index is 13.6. The van der Waals surface area contributed by atoms with Gasteiger partial charge in [0.1, 0.15) is 11.5 Å². The van der Waals surface area contributed by atoms with E-state index in [0.29, 0.717) is 42.0 Å². The van der Waals surface area contributed by atoms with Crippen LogP contribution >= 0.6 is 0 Å². The molecule has 1 N–H and O–H groups in total. The molecule has 2 aliphatic rings. The molecule has 0 aliphatic carbocycles. The number of likely N-dealkylation sites (tertiary alicyclic amines) is 1. The minimum absolute atomic E-state index is 0.00504. The summed E-state index contributed by atoms with van der Waals surface area (Å²) in [5.41, 5.74) is 0.719. The summed E-state index contributed by atoms with van der Waals surface area (Å²) in [4.78, 5) is 53.8. The third-order valence-corrected chi connectivity index (χ3v) is 8.69. The Morgan fingerprint density at radius 1 is 1.07 bits per heavy atom. The van der Waals surface area contributed by atoms with Gasteiger partial charge in [0, 0.05) is 62.1 Å². The number of aryl methyl sites for hydroxylation is 1. The van der Waals surface area contributed by atoms with Crippen molar-refractivity contribution in [3.63, 3.8) is 0 Å². The Hall–Kier alpha value is -4.64. The first-order valence-corrected chi connectivity index (χ1v) is 14.2. The van der Waals surface area contributed by atoms with Gasteiger partial charge in [-0.05, 0) is 42.0 Å². The van der Waals surface area contributed by atoms with Crippen LogP contribution < -0.4 is 21.3 Å². The molecule has 2 aliphatic heterocycles. The number of benzene rings is 1. The first kappa shape index (κ1) is 28.5. The highest BCUT2D eigenvalue weighted by Gasteiger charge is 2.35. The van der Waals surface area contributed by atoms with Crippen LogP contribution in [-0.2, 0) is 29.7 Å². The first-order valence-electron chi connectivity index (χ1n) is 14.2. The predicted molar refractivity (Wildman–Crippen MR) is 158 cm³/mol. The van der Waals surface area contributed by atoms with E-state index in [1.807, 2.05) is 10.6 Å². The van der Waals surface area contributed by atoms with Gasteiger partial charge in [-0.15, -0.1) is 0 Å². The Morgan fingerprint density at radius 3 is 2.65 bits per heavy atom. The number of aromatic hydroxyl groups is 1. The smallest absolute Gasteiger partial charge is 0.306 e. The molecular formula is C32H33N3O8. The number of nitrogens with zero attached hydrogens (tertiary/aromatic N) is 3. The van der Waals surface area contributed by atoms with E-state index in [-0.39, 0.29) is 41.7 Å². The summed E-state index contributed by atoms with van der Waals surface area (Å²) in [5.74, 6) is -1.21. The summed E-state index contributed by atoms with van der Waals surface area (Å²) in [5, 5.41) is 11.6. The normalized spacial score (nSPS) is 18.7. The molecule has 1 fully saturated rings. The fourth-order valence-corrected chi connectivity index (χ4v) is 6.65. The maximum atomic E-state index is 13.6. The Labute approximate surface area is 246 Å². The Balaban J connectivity index is 1.38. The van der Waals surface area contributed by atoms with Gasteiger partial charge >= 0.3 is 5.97 Å². The van der Waals surface area contributed by atoms with E-state index < -0.39 is 28.6 Å². The number of hydrogen-bond acceptors (Lipinski definition) is 9. The number of pyridine rings is 2. The molecule has 5 heterocycles. The third-order valence-electron chi connectivity index (χ3n) is 8.69. The minimum Gasteiger partial charge on any atom is -0.502 e. The van der Waals surface area contributed by atoms with E-state index in [1.165, 1.54) is 24.9 Å². The molecule has 2 bridgehead atoms. The van der Waals surface area contributed by atoms with Gasteiger partial charge < -0.3 is 28.1 Å². The number of hydrogen-bond donors (Lipinski definition) is 1. The molecule has 0 amide bonds. The quantitative estimate of drug-likeness (QED) is 0.324. The number of aromatic nitrogens is 2. The number of carbonyl (C=O) groups is 1. The summed E-state index contributed by atoms with van der Waals surface area (Å²) in [7, 11) is 4.37. The van der Waals surface area contributed by atoms with Crippen LogP contribution in [0.3, 0.4) is 0 Å². The third kappa shape index (κ3) is 5.25. The minimum atomic E-state index is -1.08. The van der Waals surface area contributed by atoms with Crippen molar-refractivity contribution in [2.24, 2.45) is 13.0 Å². The maximum Gasteiger partial charge on any atom is 0.306 e. The van der Waals surface area contributed by atoms with Gasteiger partial charge in [-0.2, -0.15) is 0 Å². The molecule has 4 aromatic rings. The zero-order valence-corrected chi connectivity index (χ0v) is 24.2. The van der Waals surface area contributed by atoms with Crippen LogP contribution in [0.2, 0.25) is 0 Å². The SMILES string of the molecule is COC(=O)CC(c1oc(CN2C[C@H]3C[C@@H](C2)c2cccc(=O)n2C3)cc(=O)c1O)c1cc2ccc(OC)cc2n(C)c1=O. The fourth-order valence-electron chi connectivity index (χ4n) is 6.65. The van der Waals surface area contributed by atoms with E-state index in [4.69, 9.17) is 13.9 Å². The van der Waals surface area contributed by atoms with Gasteiger partial charge in [-0.3, -0.25) is 24.1 Å². The topological polar surface area (TPSA) is 133 Å². The van der Waals surface area contributed by atoms with E-state index in [9.17, 15) is 24.3 Å². The van der Waals surface area contributed by atoms with Crippen molar-refractivity contribution >= 4 is 16.9 Å². The summed E-state index contributed by atoms with van der Waals surface area (Å²) in [6, 6.07) is 13.5. The van der Waals surface area contributed by atoms with Crippen molar-refractivity contribution in [2.45, 2.75) is 37.8 Å². The average Bonchev–Trinajstić information content (AvgIpc) is 3.00. The molecule has 11 nitrogen and oxygen atoms in total. The highest BCUT2D eigenvalue weighted by Crippen LogP contribution is 2.37. The Morgan fingerprint density at radius 2 is 1.88 bits per heavy atom. The molecule has 224 valence electrons. The predicted octanol–water partition coefficient (Wildman–Crippen LogP) is 2.68. The Bertz CT molecular complexity index is 1910. The van der Waals surface area contributed by atoms with Gasteiger partial charge in [-0.1, -0.05) is 6.07 Å². The first-order chi connectivity index (χ1) is 20.7. The monoisotopic (exact) mass is 587 g/mol. The lowest BCUT2D eigenvalue weighted by Crippen LogP contribution is -2.46. The summed E-state index contributed by atoms with van der Waals surface area (Å²) >= 11 is 0. The van der Waals surface area contributed by atoms with Gasteiger partial charge in [0.2, 0.25) is 11.2 Å². The summed E-state index contributed by atoms with van der Waals surface area (Å²) < 4.78 is 19.7. The second-order valence-electron chi connectivity index (χ2n) is 11.4. The summed E-state index contributed by atoms with van der Waals surface area (Å²) in [6.07, 6.45) is 0.649. The highest BCUT2D eigenvalue weighted by molar-refractivity contribution is 5.82. The molecular weight excluding hydrogens is 554 g/mol. The van der Waals surface area contributed by atoms with Crippen LogP contribution in [-0.4, -0.2) is 52.4 Å². The number of methoxy groups -OCH3 is 2. The van der Waals surface area contributed by atoms with Crippen LogP contribution in [0.1, 0.15) is 47.5 Å². The average molecular weight is 588 g/mol. The van der Waals surface area contributed by atoms with Crippen LogP contribution in [0.5, 0.6) is 11.5 Å². The van der Waals surface area contributed by atoms with Crippen molar-refractivity contribution in [1.82, 2.24) is 14.0 Å². The number of ether oxygens (including phenoxy) is 2. The van der Waals surface area contributed by atoms with Gasteiger partial charge in [0.05, 0.1) is 38.6 Å². The molecule has 43 heavy (non-hydrogen) atoms. The number of carbonyl (C=O) groups excluding carboxylic acids is 1. The fraction of sp³-hybridized carbons (Fsp3) is 0.375. The zero-order chi connectivity index (χ0) is 30.4. The van der Waals surface area contributed by atoms with Crippen LogP contribution in [0.15, 0.2) is 67.3 Å². The molecule has 3 aromatic heterocycles. The number of esters is 1. The second-order valence-corrected chi connectivity index (χ2v) is 11.4. The highest BCUT2D eigenvalue weighted by atomic mass is 16.5. The van der Waals surface area contributed by atoms with Crippen LogP contribution in [0.25, 0.3) is 10.9 Å². The van der Waals surface area contributed by atoms with Crippen molar-refractivity contribution in [2.75, 3.05) is 27.3 Å². The molecule has 6 rings (SSSR count). The molecule has 0 radical (unpaired) electrons. The standard InChI is InChI=1S/C32H33N3O8/c1-33-26-11-21(41-2)8-7-19(26)10-24(32(33)40)23(13-29(38)42-3)31-30(39)27(36)12-22(43-31)17-34-14-18-9-20(16-34)25-5-4-6-28(37)35(25)15-18/h4-8,10-12,18,20,23,39H,9,13-17H2,1-3H3/t18-,20+,23?/m1/s1. The zero-order valence-electron chi connectivity index (χ0n) is 24.2. The molecule has 0 spiro atoms. The lowest BCUT2D eigenvalue weighted by molar-refractivity contribution is -0.140. The van der Waals surface area contributed by atoms with Gasteiger partial charge in [0.15, 0.2) is 5.76 Å². The molecule has 0 saturated carbocycles. The largest absolute Gasteiger partial charge is 0.502 e. The molecule has 1 unspecified atom stereocenters. The molecule has 3 atom stereocenters. The van der Waals surface area contributed by atoms with E-state index in [2.05, 4.69) is 4.90 Å². The van der Waals surface area contributed by atoms with Crippen LogP contribution in [0.4, 0.5) is 0 Å². The van der Waals surface area contributed by atoms with Gasteiger partial charge in [0.25, 0.3) is 11.1 Å². The number of rotatable bonds is 7. The molecule has 1 aromatic carbocycles.